The topological polar surface area (TPSA) is 167 Å². The maximum absolute atomic E-state index is 14.2. The number of allylic oxidation sites excluding steroid dienone is 4. The predicted molar refractivity (Wildman–Crippen MR) is 299 cm³/mol. The summed E-state index contributed by atoms with van der Waals surface area (Å²) in [5.74, 6) is 8.29. The Bertz CT molecular complexity index is 2810. The molecule has 8 aliphatic rings. The van der Waals surface area contributed by atoms with E-state index in [-0.39, 0.29) is 90.2 Å². The first-order chi connectivity index (χ1) is 37.0. The second kappa shape index (κ2) is 22.6. The number of methoxy groups -OCH3 is 1. The zero-order valence-corrected chi connectivity index (χ0v) is 45.2. The zero-order valence-electron chi connectivity index (χ0n) is 45.2. The number of guanidine groups is 1. The Kier molecular flexibility index (Phi) is 15.6. The molecule has 0 aromatic heterocycles. The molecule has 7 aliphatic carbocycles. The largest absolute Gasteiger partial charge is 0.508 e. The number of aliphatic hydroxyl groups excluding tert-OH is 2. The van der Waals surface area contributed by atoms with Crippen LogP contribution >= 0.6 is 0 Å². The van der Waals surface area contributed by atoms with Gasteiger partial charge >= 0.3 is 0 Å². The van der Waals surface area contributed by atoms with Crippen molar-refractivity contribution in [2.24, 2.45) is 46.2 Å². The maximum atomic E-state index is 14.2. The smallest absolute Gasteiger partial charge is 0.189 e. The van der Waals surface area contributed by atoms with Gasteiger partial charge in [-0.05, 0) is 177 Å². The minimum Gasteiger partial charge on any atom is -0.508 e. The van der Waals surface area contributed by atoms with Gasteiger partial charge in [-0.1, -0.05) is 105 Å². The van der Waals surface area contributed by atoms with Crippen molar-refractivity contribution >= 4 is 11.7 Å². The molecule has 8 bridgehead atoms. The Morgan fingerprint density at radius 2 is 1.71 bits per heavy atom. The number of rotatable bonds is 11. The number of phenolic OH excluding ortho intramolecular Hbond substituents is 2. The fourth-order valence-electron chi connectivity index (χ4n) is 16.2. The third-order valence-corrected chi connectivity index (χ3v) is 19.9. The number of carbonyl (C=O) groups excluding carboxylic acids is 1. The highest BCUT2D eigenvalue weighted by atomic mass is 16.5. The van der Waals surface area contributed by atoms with E-state index in [4.69, 9.17) is 20.2 Å². The molecule has 10 nitrogen and oxygen atoms in total. The van der Waals surface area contributed by atoms with Crippen LogP contribution in [0.4, 0.5) is 0 Å². The number of hydrogen-bond donors (Lipinski definition) is 6. The molecule has 2 spiro atoms. The summed E-state index contributed by atoms with van der Waals surface area (Å²) in [4.78, 5) is 19.7. The zero-order chi connectivity index (χ0) is 52.6. The number of aliphatic imine (C=N–C) groups is 1. The number of hydrogen-bond acceptors (Lipinski definition) is 10. The maximum Gasteiger partial charge on any atom is 0.189 e. The number of aliphatic hydroxyl groups is 2. The lowest BCUT2D eigenvalue weighted by atomic mass is 9.55. The molecule has 4 saturated carbocycles. The molecule has 3 aromatic carbocycles. The fraction of sp³-hybridized carbons (Fsp3) is 0.576. The van der Waals surface area contributed by atoms with E-state index >= 15 is 0 Å². The molecule has 404 valence electrons. The molecule has 9 atom stereocenters. The van der Waals surface area contributed by atoms with Gasteiger partial charge in [-0.2, -0.15) is 0 Å². The number of carbonyl (C=O) groups is 1. The Morgan fingerprint density at radius 3 is 2.49 bits per heavy atom. The fourth-order valence-corrected chi connectivity index (χ4v) is 16.2. The van der Waals surface area contributed by atoms with Gasteiger partial charge in [-0.3, -0.25) is 4.79 Å². The molecule has 7 N–H and O–H groups in total. The summed E-state index contributed by atoms with van der Waals surface area (Å²) < 4.78 is 13.2. The van der Waals surface area contributed by atoms with Gasteiger partial charge in [-0.25, -0.2) is 4.99 Å². The van der Waals surface area contributed by atoms with Crippen molar-refractivity contribution in [2.45, 2.75) is 177 Å². The van der Waals surface area contributed by atoms with Gasteiger partial charge in [0.05, 0.1) is 30.9 Å². The minimum absolute atomic E-state index is 0.00356. The number of nitrogens with two attached hydrogens (primary N) is 1. The highest BCUT2D eigenvalue weighted by Crippen LogP contribution is 2.60. The number of aryl methyl sites for hydroxylation is 1. The number of fused-ring (bicyclic) bond motifs is 13. The van der Waals surface area contributed by atoms with Crippen LogP contribution in [0.15, 0.2) is 89.0 Å². The van der Waals surface area contributed by atoms with E-state index in [9.17, 15) is 25.2 Å². The summed E-state index contributed by atoms with van der Waals surface area (Å²) in [5.41, 5.74) is 15.9. The SMILES string of the molecule is COCC1C2C=C3C4CC(C)CC3C1c1c(O)c(OC3CCCC3)cc(CCC(=O)C=C(CO)C3CCC=CC3CO)c1C#CCC(C2)N=C(N)NC1(CCCCC1)c1cccc(c1)C1(CCCC1)c1cc(O)cc4c1. The summed E-state index contributed by atoms with van der Waals surface area (Å²) in [6.45, 7) is 2.52. The van der Waals surface area contributed by atoms with Gasteiger partial charge < -0.3 is 41.0 Å². The quantitative estimate of drug-likeness (QED) is 0.0622. The number of ether oxygens (including phenoxy) is 2. The first kappa shape index (κ1) is 52.7. The summed E-state index contributed by atoms with van der Waals surface area (Å²) in [5, 5.41) is 49.9. The Balaban J connectivity index is 1.11. The van der Waals surface area contributed by atoms with E-state index in [0.29, 0.717) is 54.8 Å². The van der Waals surface area contributed by atoms with Crippen molar-refractivity contribution in [3.05, 3.63) is 123 Å². The van der Waals surface area contributed by atoms with Gasteiger partial charge in [0.1, 0.15) is 5.75 Å². The van der Waals surface area contributed by atoms with Crippen LogP contribution in [0.1, 0.15) is 186 Å². The molecular formula is C66H83N3O7. The Labute approximate surface area is 451 Å². The molecular weight excluding hydrogens is 947 g/mol. The normalized spacial score (nSPS) is 29.7. The number of nitrogens with one attached hydrogen (secondary N) is 1. The molecule has 3 aromatic rings. The van der Waals surface area contributed by atoms with Crippen LogP contribution < -0.4 is 15.8 Å². The van der Waals surface area contributed by atoms with Gasteiger partial charge in [0, 0.05) is 60.9 Å². The van der Waals surface area contributed by atoms with E-state index < -0.39 is 5.54 Å². The molecule has 4 fully saturated rings. The molecule has 9 unspecified atom stereocenters. The number of nitrogens with zero attached hydrogens (tertiary/aromatic N) is 1. The number of benzene rings is 3. The van der Waals surface area contributed by atoms with E-state index in [1.165, 1.54) is 28.7 Å². The van der Waals surface area contributed by atoms with Crippen LogP contribution in [0, 0.1) is 47.3 Å². The third-order valence-electron chi connectivity index (χ3n) is 19.9. The van der Waals surface area contributed by atoms with Crippen LogP contribution in [-0.2, 0) is 26.9 Å². The molecule has 11 rings (SSSR count). The Hall–Kier alpha value is -5.34. The molecule has 1 aliphatic heterocycles. The third kappa shape index (κ3) is 10.3. The minimum atomic E-state index is -0.391. The van der Waals surface area contributed by atoms with Gasteiger partial charge in [0.2, 0.25) is 0 Å². The van der Waals surface area contributed by atoms with Crippen molar-refractivity contribution in [1.82, 2.24) is 5.32 Å². The predicted octanol–water partition coefficient (Wildman–Crippen LogP) is 11.6. The van der Waals surface area contributed by atoms with Crippen molar-refractivity contribution in [3.63, 3.8) is 0 Å². The van der Waals surface area contributed by atoms with Crippen LogP contribution in [0.5, 0.6) is 17.2 Å². The van der Waals surface area contributed by atoms with Crippen molar-refractivity contribution in [2.75, 3.05) is 26.9 Å². The lowest BCUT2D eigenvalue weighted by Gasteiger charge is -2.50. The van der Waals surface area contributed by atoms with E-state index in [1.54, 1.807) is 13.2 Å². The van der Waals surface area contributed by atoms with Crippen LogP contribution in [0.25, 0.3) is 0 Å². The summed E-state index contributed by atoms with van der Waals surface area (Å²) in [6, 6.07) is 17.5. The van der Waals surface area contributed by atoms with Gasteiger partial charge in [0.25, 0.3) is 0 Å². The highest BCUT2D eigenvalue weighted by molar-refractivity contribution is 5.90. The van der Waals surface area contributed by atoms with Gasteiger partial charge in [-0.15, -0.1) is 0 Å². The average molecular weight is 1030 g/mol. The number of ketones is 1. The summed E-state index contributed by atoms with van der Waals surface area (Å²) in [6.07, 6.45) is 26.8. The molecule has 0 amide bonds. The monoisotopic (exact) mass is 1030 g/mol. The van der Waals surface area contributed by atoms with Crippen molar-refractivity contribution in [1.29, 1.82) is 0 Å². The summed E-state index contributed by atoms with van der Waals surface area (Å²) >= 11 is 0. The van der Waals surface area contributed by atoms with E-state index in [2.05, 4.69) is 72.6 Å². The first-order valence-corrected chi connectivity index (χ1v) is 29.4. The number of aromatic hydroxyl groups is 2. The van der Waals surface area contributed by atoms with E-state index in [1.807, 2.05) is 18.2 Å². The van der Waals surface area contributed by atoms with Crippen LogP contribution in [0.2, 0.25) is 0 Å². The second-order valence-corrected chi connectivity index (χ2v) is 24.6. The molecule has 76 heavy (non-hydrogen) atoms. The van der Waals surface area contributed by atoms with E-state index in [0.717, 1.165) is 125 Å². The lowest BCUT2D eigenvalue weighted by molar-refractivity contribution is -0.114. The summed E-state index contributed by atoms with van der Waals surface area (Å²) in [7, 11) is 1.79. The molecule has 0 saturated heterocycles. The molecule has 10 heteroatoms. The Morgan fingerprint density at radius 1 is 0.921 bits per heavy atom. The van der Waals surface area contributed by atoms with Crippen molar-refractivity contribution in [3.8, 4) is 29.1 Å². The lowest BCUT2D eigenvalue weighted by Crippen LogP contribution is -2.50. The average Bonchev–Trinajstić information content (AvgIpc) is 4.22. The first-order valence-electron chi connectivity index (χ1n) is 29.4. The molecule has 0 radical (unpaired) electrons. The number of phenols is 2. The van der Waals surface area contributed by atoms with Crippen molar-refractivity contribution < 1.29 is 34.7 Å². The molecule has 1 heterocycles. The standard InChI is InChI=1S/C66H83N3O7/c1-41-28-56-44-30-49(37-52(73)32-44)65(24-10-11-25-65)47-15-12-16-48(36-47)66(26-8-3-9-27-66)69-64(67)68-50-17-13-21-55-42(22-23-51(72)33-46(39-71)54-20-7-4-14-43(54)38-70)35-60(76-53-18-5-6-19-53)63(74)62(55)61-58(29-41)57(56)34-45(31-50)59(61)40-75-2/h4,12,14-16,30,32-37,41,43,45,50,53-54,56,58-59,61,70-71,73-74H,3,5-11,17-20,22-29,31,38-40H2,1-2H3,(H3,67,68,69). The highest BCUT2D eigenvalue weighted by Gasteiger charge is 2.50. The van der Waals surface area contributed by atoms with Crippen LogP contribution in [-0.4, -0.2) is 71.2 Å². The van der Waals surface area contributed by atoms with Gasteiger partial charge in [0.15, 0.2) is 23.2 Å². The van der Waals surface area contributed by atoms with Crippen LogP contribution in [0.3, 0.4) is 0 Å². The second-order valence-electron chi connectivity index (χ2n) is 24.6.